The van der Waals surface area contributed by atoms with Crippen molar-refractivity contribution in [2.75, 3.05) is 7.11 Å². The molecule has 0 unspecified atom stereocenters. The first-order valence-corrected chi connectivity index (χ1v) is 5.47. The van der Waals surface area contributed by atoms with E-state index in [0.717, 1.165) is 12.0 Å². The fourth-order valence-electron chi connectivity index (χ4n) is 1.31. The van der Waals surface area contributed by atoms with Crippen LogP contribution in [0.2, 0.25) is 0 Å². The summed E-state index contributed by atoms with van der Waals surface area (Å²) in [6.07, 6.45) is 9.30. The van der Waals surface area contributed by atoms with E-state index in [1.165, 1.54) is 39.2 Å². The molecule has 0 fully saturated rings. The molecule has 0 aromatic carbocycles. The number of ether oxygens (including phenoxy) is 1. The molecular formula is C12H22O2. The highest BCUT2D eigenvalue weighted by molar-refractivity contribution is 5.87. The number of methoxy groups -OCH3 is 1. The molecule has 2 heteroatoms. The van der Waals surface area contributed by atoms with Gasteiger partial charge in [-0.25, -0.2) is 4.79 Å². The molecule has 0 aliphatic heterocycles. The Morgan fingerprint density at radius 2 is 1.86 bits per heavy atom. The number of hydrogen-bond acceptors (Lipinski definition) is 2. The van der Waals surface area contributed by atoms with E-state index in [4.69, 9.17) is 0 Å². The predicted octanol–water partition coefficient (Wildman–Crippen LogP) is 3.47. The molecule has 0 rings (SSSR count). The number of allylic oxidation sites excluding steroid dienone is 1. The van der Waals surface area contributed by atoms with Crippen LogP contribution in [0.25, 0.3) is 0 Å². The third kappa shape index (κ3) is 6.70. The highest BCUT2D eigenvalue weighted by atomic mass is 16.5. The van der Waals surface area contributed by atoms with E-state index in [0.29, 0.717) is 0 Å². The normalized spacial score (nSPS) is 11.5. The SMILES string of the molecule is CCCCCCC/C=C(\C)C(=O)OC. The van der Waals surface area contributed by atoms with E-state index >= 15 is 0 Å². The summed E-state index contributed by atoms with van der Waals surface area (Å²) in [5.74, 6) is -0.210. The number of carbonyl (C=O) groups is 1. The van der Waals surface area contributed by atoms with Crippen LogP contribution in [-0.2, 0) is 9.53 Å². The Kier molecular flexibility index (Phi) is 8.30. The number of unbranched alkanes of at least 4 members (excludes halogenated alkanes) is 5. The van der Waals surface area contributed by atoms with Crippen molar-refractivity contribution in [3.05, 3.63) is 11.6 Å². The van der Waals surface area contributed by atoms with Crippen molar-refractivity contribution in [1.82, 2.24) is 0 Å². The first kappa shape index (κ1) is 13.2. The van der Waals surface area contributed by atoms with E-state index in [9.17, 15) is 4.79 Å². The lowest BCUT2D eigenvalue weighted by Crippen LogP contribution is -2.01. The van der Waals surface area contributed by atoms with Crippen molar-refractivity contribution in [2.45, 2.75) is 52.4 Å². The summed E-state index contributed by atoms with van der Waals surface area (Å²) >= 11 is 0. The topological polar surface area (TPSA) is 26.3 Å². The van der Waals surface area contributed by atoms with E-state index < -0.39 is 0 Å². The zero-order chi connectivity index (χ0) is 10.8. The third-order valence-electron chi connectivity index (χ3n) is 2.27. The van der Waals surface area contributed by atoms with Crippen molar-refractivity contribution in [3.8, 4) is 0 Å². The molecule has 0 saturated carbocycles. The van der Waals surface area contributed by atoms with Gasteiger partial charge in [0.2, 0.25) is 0 Å². The molecule has 0 heterocycles. The Hall–Kier alpha value is -0.790. The molecule has 0 amide bonds. The summed E-state index contributed by atoms with van der Waals surface area (Å²) in [5, 5.41) is 0. The second-order valence-corrected chi connectivity index (χ2v) is 3.58. The summed E-state index contributed by atoms with van der Waals surface area (Å²) in [4.78, 5) is 11.0. The summed E-state index contributed by atoms with van der Waals surface area (Å²) in [6.45, 7) is 4.01. The lowest BCUT2D eigenvalue weighted by atomic mass is 10.1. The highest BCUT2D eigenvalue weighted by Gasteiger charge is 2.00. The van der Waals surface area contributed by atoms with Gasteiger partial charge in [0.05, 0.1) is 7.11 Å². The Bertz CT molecular complexity index is 183. The van der Waals surface area contributed by atoms with Gasteiger partial charge in [-0.15, -0.1) is 0 Å². The average molecular weight is 198 g/mol. The van der Waals surface area contributed by atoms with Crippen molar-refractivity contribution >= 4 is 5.97 Å². The van der Waals surface area contributed by atoms with Gasteiger partial charge in [-0.1, -0.05) is 38.7 Å². The Labute approximate surface area is 87.3 Å². The van der Waals surface area contributed by atoms with Gasteiger partial charge >= 0.3 is 5.97 Å². The number of rotatable bonds is 7. The molecule has 0 N–H and O–H groups in total. The second kappa shape index (κ2) is 8.79. The molecule has 0 saturated heterocycles. The maximum Gasteiger partial charge on any atom is 0.333 e. The maximum atomic E-state index is 11.0. The zero-order valence-electron chi connectivity index (χ0n) is 9.64. The van der Waals surface area contributed by atoms with Gasteiger partial charge in [-0.2, -0.15) is 0 Å². The van der Waals surface area contributed by atoms with E-state index in [1.807, 2.05) is 6.08 Å². The van der Waals surface area contributed by atoms with Gasteiger partial charge in [0.25, 0.3) is 0 Å². The quantitative estimate of drug-likeness (QED) is 0.356. The van der Waals surface area contributed by atoms with Crippen molar-refractivity contribution in [2.24, 2.45) is 0 Å². The molecule has 0 bridgehead atoms. The fraction of sp³-hybridized carbons (Fsp3) is 0.750. The van der Waals surface area contributed by atoms with E-state index in [1.54, 1.807) is 6.92 Å². The van der Waals surface area contributed by atoms with E-state index in [-0.39, 0.29) is 5.97 Å². The monoisotopic (exact) mass is 198 g/mol. The molecule has 0 aromatic heterocycles. The molecule has 0 aliphatic carbocycles. The van der Waals surface area contributed by atoms with Gasteiger partial charge in [0.1, 0.15) is 0 Å². The molecule has 0 aliphatic rings. The Balaban J connectivity index is 3.46. The Morgan fingerprint density at radius 3 is 2.43 bits per heavy atom. The van der Waals surface area contributed by atoms with Crippen LogP contribution in [0.5, 0.6) is 0 Å². The van der Waals surface area contributed by atoms with E-state index in [2.05, 4.69) is 11.7 Å². The Morgan fingerprint density at radius 1 is 1.21 bits per heavy atom. The lowest BCUT2D eigenvalue weighted by Gasteiger charge is -1.99. The minimum Gasteiger partial charge on any atom is -0.466 e. The third-order valence-corrected chi connectivity index (χ3v) is 2.27. The van der Waals surface area contributed by atoms with Gasteiger partial charge in [-0.05, 0) is 19.8 Å². The largest absolute Gasteiger partial charge is 0.466 e. The second-order valence-electron chi connectivity index (χ2n) is 3.58. The molecule has 14 heavy (non-hydrogen) atoms. The minimum absolute atomic E-state index is 0.210. The molecule has 82 valence electrons. The van der Waals surface area contributed by atoms with Crippen molar-refractivity contribution in [1.29, 1.82) is 0 Å². The molecule has 0 radical (unpaired) electrons. The molecule has 0 aromatic rings. The summed E-state index contributed by atoms with van der Waals surface area (Å²) < 4.78 is 4.60. The molecule has 0 spiro atoms. The fourth-order valence-corrected chi connectivity index (χ4v) is 1.31. The van der Waals surface area contributed by atoms with Gasteiger partial charge in [0, 0.05) is 5.57 Å². The zero-order valence-corrected chi connectivity index (χ0v) is 9.64. The van der Waals surface area contributed by atoms with Gasteiger partial charge in [-0.3, -0.25) is 0 Å². The first-order valence-electron chi connectivity index (χ1n) is 5.47. The first-order chi connectivity index (χ1) is 6.72. The summed E-state index contributed by atoms with van der Waals surface area (Å²) in [5.41, 5.74) is 0.725. The number of carbonyl (C=O) groups excluding carboxylic acids is 1. The van der Waals surface area contributed by atoms with Crippen LogP contribution in [0.15, 0.2) is 11.6 Å². The van der Waals surface area contributed by atoms with Crippen LogP contribution >= 0.6 is 0 Å². The average Bonchev–Trinajstić information content (AvgIpc) is 2.21. The standard InChI is InChI=1S/C12H22O2/c1-4-5-6-7-8-9-10-11(2)12(13)14-3/h10H,4-9H2,1-3H3/b11-10+. The van der Waals surface area contributed by atoms with Crippen molar-refractivity contribution < 1.29 is 9.53 Å². The molecule has 0 atom stereocenters. The van der Waals surface area contributed by atoms with Crippen molar-refractivity contribution in [3.63, 3.8) is 0 Å². The predicted molar refractivity (Wildman–Crippen MR) is 59.1 cm³/mol. The summed E-state index contributed by atoms with van der Waals surface area (Å²) in [6, 6.07) is 0. The molecular weight excluding hydrogens is 176 g/mol. The summed E-state index contributed by atoms with van der Waals surface area (Å²) in [7, 11) is 1.42. The van der Waals surface area contributed by atoms with Gasteiger partial charge < -0.3 is 4.74 Å². The maximum absolute atomic E-state index is 11.0. The van der Waals surface area contributed by atoms with Crippen LogP contribution in [-0.4, -0.2) is 13.1 Å². The highest BCUT2D eigenvalue weighted by Crippen LogP contribution is 2.07. The van der Waals surface area contributed by atoms with Crippen LogP contribution in [0.3, 0.4) is 0 Å². The van der Waals surface area contributed by atoms with Crippen LogP contribution in [0.1, 0.15) is 52.4 Å². The number of esters is 1. The smallest absolute Gasteiger partial charge is 0.333 e. The van der Waals surface area contributed by atoms with Crippen LogP contribution < -0.4 is 0 Å². The van der Waals surface area contributed by atoms with Gasteiger partial charge in [0.15, 0.2) is 0 Å². The van der Waals surface area contributed by atoms with Crippen LogP contribution in [0, 0.1) is 0 Å². The molecule has 2 nitrogen and oxygen atoms in total. The number of hydrogen-bond donors (Lipinski definition) is 0. The lowest BCUT2D eigenvalue weighted by molar-refractivity contribution is -0.136. The minimum atomic E-state index is -0.210. The van der Waals surface area contributed by atoms with Crippen LogP contribution in [0.4, 0.5) is 0 Å².